The highest BCUT2D eigenvalue weighted by atomic mass is 16.5. The molecule has 100 valence electrons. The van der Waals surface area contributed by atoms with Gasteiger partial charge in [-0.05, 0) is 35.8 Å². The molecule has 0 spiro atoms. The fraction of sp³-hybridized carbons (Fsp3) is 0.625. The predicted molar refractivity (Wildman–Crippen MR) is 73.6 cm³/mol. The molecule has 1 aromatic carbocycles. The van der Waals surface area contributed by atoms with Crippen LogP contribution < -0.4 is 0 Å². The molecule has 0 aromatic heterocycles. The first-order valence-corrected chi connectivity index (χ1v) is 6.94. The standard InChI is InChI=1S/C16H24O2/c1-11(2)16(18-3)15(17)14-9-5-8-13(10-14)12-6-4-7-12/h5,8-12,15-17H,4,6-7H2,1-3H3. The summed E-state index contributed by atoms with van der Waals surface area (Å²) < 4.78 is 5.42. The molecule has 0 amide bonds. The van der Waals surface area contributed by atoms with E-state index in [1.54, 1.807) is 7.11 Å². The van der Waals surface area contributed by atoms with Crippen molar-refractivity contribution < 1.29 is 9.84 Å². The van der Waals surface area contributed by atoms with Gasteiger partial charge in [-0.15, -0.1) is 0 Å². The summed E-state index contributed by atoms with van der Waals surface area (Å²) in [7, 11) is 1.67. The third-order valence-corrected chi connectivity index (χ3v) is 4.07. The van der Waals surface area contributed by atoms with Crippen LogP contribution in [0.4, 0.5) is 0 Å². The number of ether oxygens (including phenoxy) is 1. The van der Waals surface area contributed by atoms with E-state index < -0.39 is 6.10 Å². The van der Waals surface area contributed by atoms with Crippen molar-refractivity contribution in [1.82, 2.24) is 0 Å². The van der Waals surface area contributed by atoms with E-state index in [1.165, 1.54) is 24.8 Å². The number of benzene rings is 1. The fourth-order valence-corrected chi connectivity index (χ4v) is 2.69. The normalized spacial score (nSPS) is 19.6. The molecule has 1 aliphatic rings. The van der Waals surface area contributed by atoms with Crippen molar-refractivity contribution in [2.24, 2.45) is 5.92 Å². The van der Waals surface area contributed by atoms with E-state index in [2.05, 4.69) is 32.0 Å². The molecule has 0 bridgehead atoms. The van der Waals surface area contributed by atoms with Gasteiger partial charge in [0.05, 0.1) is 6.10 Å². The van der Waals surface area contributed by atoms with Gasteiger partial charge in [0.15, 0.2) is 0 Å². The second-order valence-corrected chi connectivity index (χ2v) is 5.69. The molecule has 2 nitrogen and oxygen atoms in total. The Morgan fingerprint density at radius 3 is 2.50 bits per heavy atom. The summed E-state index contributed by atoms with van der Waals surface area (Å²) in [6, 6.07) is 8.39. The van der Waals surface area contributed by atoms with Gasteiger partial charge < -0.3 is 9.84 Å². The molecule has 0 heterocycles. The van der Waals surface area contributed by atoms with Crippen LogP contribution in [0.3, 0.4) is 0 Å². The van der Waals surface area contributed by atoms with E-state index in [4.69, 9.17) is 4.74 Å². The van der Waals surface area contributed by atoms with Crippen molar-refractivity contribution in [3.8, 4) is 0 Å². The van der Waals surface area contributed by atoms with Crippen LogP contribution in [0.2, 0.25) is 0 Å². The first-order chi connectivity index (χ1) is 8.63. The van der Waals surface area contributed by atoms with Crippen molar-refractivity contribution in [1.29, 1.82) is 0 Å². The van der Waals surface area contributed by atoms with Crippen molar-refractivity contribution in [3.63, 3.8) is 0 Å². The average Bonchev–Trinajstić information content (AvgIpc) is 2.27. The van der Waals surface area contributed by atoms with Crippen molar-refractivity contribution >= 4 is 0 Å². The van der Waals surface area contributed by atoms with Gasteiger partial charge in [-0.2, -0.15) is 0 Å². The molecule has 1 aromatic rings. The van der Waals surface area contributed by atoms with E-state index in [-0.39, 0.29) is 6.10 Å². The molecule has 1 aliphatic carbocycles. The topological polar surface area (TPSA) is 29.5 Å². The van der Waals surface area contributed by atoms with Gasteiger partial charge in [0, 0.05) is 7.11 Å². The molecule has 18 heavy (non-hydrogen) atoms. The maximum atomic E-state index is 10.4. The number of hydrogen-bond acceptors (Lipinski definition) is 2. The molecular weight excluding hydrogens is 224 g/mol. The van der Waals surface area contributed by atoms with Crippen LogP contribution in [0.5, 0.6) is 0 Å². The quantitative estimate of drug-likeness (QED) is 0.861. The fourth-order valence-electron chi connectivity index (χ4n) is 2.69. The van der Waals surface area contributed by atoms with Crippen LogP contribution in [0.15, 0.2) is 24.3 Å². The largest absolute Gasteiger partial charge is 0.386 e. The highest BCUT2D eigenvalue weighted by Crippen LogP contribution is 2.37. The van der Waals surface area contributed by atoms with Gasteiger partial charge >= 0.3 is 0 Å². The van der Waals surface area contributed by atoms with Crippen LogP contribution in [0.1, 0.15) is 56.3 Å². The van der Waals surface area contributed by atoms with Crippen LogP contribution in [-0.4, -0.2) is 18.3 Å². The molecule has 2 rings (SSSR count). The lowest BCUT2D eigenvalue weighted by Crippen LogP contribution is -2.26. The summed E-state index contributed by atoms with van der Waals surface area (Å²) in [6.45, 7) is 4.15. The maximum absolute atomic E-state index is 10.4. The molecule has 2 heteroatoms. The smallest absolute Gasteiger partial charge is 0.105 e. The molecule has 0 aliphatic heterocycles. The lowest BCUT2D eigenvalue weighted by atomic mass is 9.79. The van der Waals surface area contributed by atoms with Crippen LogP contribution in [0, 0.1) is 5.92 Å². The van der Waals surface area contributed by atoms with E-state index in [0.717, 1.165) is 5.56 Å². The molecule has 0 radical (unpaired) electrons. The Bertz CT molecular complexity index is 382. The molecule has 2 atom stereocenters. The summed E-state index contributed by atoms with van der Waals surface area (Å²) in [5.74, 6) is 1.01. The Kier molecular flexibility index (Phi) is 4.41. The highest BCUT2D eigenvalue weighted by Gasteiger charge is 2.25. The molecule has 2 unspecified atom stereocenters. The van der Waals surface area contributed by atoms with Gasteiger partial charge in [0.1, 0.15) is 6.10 Å². The summed E-state index contributed by atoms with van der Waals surface area (Å²) >= 11 is 0. The summed E-state index contributed by atoms with van der Waals surface area (Å²) in [5, 5.41) is 10.4. The van der Waals surface area contributed by atoms with E-state index in [0.29, 0.717) is 11.8 Å². The Morgan fingerprint density at radius 1 is 1.28 bits per heavy atom. The number of aliphatic hydroxyl groups is 1. The molecular formula is C16H24O2. The third-order valence-electron chi connectivity index (χ3n) is 4.07. The Hall–Kier alpha value is -0.860. The highest BCUT2D eigenvalue weighted by molar-refractivity contribution is 5.29. The van der Waals surface area contributed by atoms with Gasteiger partial charge in [-0.25, -0.2) is 0 Å². The third kappa shape index (κ3) is 2.76. The summed E-state index contributed by atoms with van der Waals surface area (Å²) in [5.41, 5.74) is 2.36. The minimum Gasteiger partial charge on any atom is -0.386 e. The Labute approximate surface area is 110 Å². The first kappa shape index (κ1) is 13.6. The SMILES string of the molecule is COC(C(C)C)C(O)c1cccc(C2CCC2)c1. The molecule has 1 fully saturated rings. The van der Waals surface area contributed by atoms with E-state index in [1.807, 2.05) is 6.07 Å². The van der Waals surface area contributed by atoms with Crippen molar-refractivity contribution in [2.75, 3.05) is 7.11 Å². The zero-order chi connectivity index (χ0) is 13.1. The minimum atomic E-state index is -0.532. The van der Waals surface area contributed by atoms with Crippen molar-refractivity contribution in [3.05, 3.63) is 35.4 Å². The van der Waals surface area contributed by atoms with E-state index >= 15 is 0 Å². The van der Waals surface area contributed by atoms with Gasteiger partial charge in [-0.3, -0.25) is 0 Å². The zero-order valence-electron chi connectivity index (χ0n) is 11.6. The number of hydrogen-bond donors (Lipinski definition) is 1. The predicted octanol–water partition coefficient (Wildman–Crippen LogP) is 3.66. The maximum Gasteiger partial charge on any atom is 0.105 e. The number of aliphatic hydroxyl groups excluding tert-OH is 1. The molecule has 1 N–H and O–H groups in total. The zero-order valence-corrected chi connectivity index (χ0v) is 11.6. The lowest BCUT2D eigenvalue weighted by Gasteiger charge is -2.28. The van der Waals surface area contributed by atoms with Gasteiger partial charge in [-0.1, -0.05) is 44.5 Å². The Morgan fingerprint density at radius 2 is 2.00 bits per heavy atom. The van der Waals surface area contributed by atoms with E-state index in [9.17, 15) is 5.11 Å². The second-order valence-electron chi connectivity index (χ2n) is 5.69. The van der Waals surface area contributed by atoms with Crippen molar-refractivity contribution in [2.45, 2.75) is 51.2 Å². The second kappa shape index (κ2) is 5.85. The molecule has 0 saturated heterocycles. The first-order valence-electron chi connectivity index (χ1n) is 6.94. The number of methoxy groups -OCH3 is 1. The monoisotopic (exact) mass is 248 g/mol. The minimum absolute atomic E-state index is 0.137. The lowest BCUT2D eigenvalue weighted by molar-refractivity contribution is -0.0391. The number of rotatable bonds is 5. The Balaban J connectivity index is 2.16. The summed E-state index contributed by atoms with van der Waals surface area (Å²) in [4.78, 5) is 0. The van der Waals surface area contributed by atoms with Crippen LogP contribution >= 0.6 is 0 Å². The molecule has 1 saturated carbocycles. The van der Waals surface area contributed by atoms with Gasteiger partial charge in [0.2, 0.25) is 0 Å². The van der Waals surface area contributed by atoms with Crippen LogP contribution in [-0.2, 0) is 4.74 Å². The van der Waals surface area contributed by atoms with Crippen LogP contribution in [0.25, 0.3) is 0 Å². The van der Waals surface area contributed by atoms with Gasteiger partial charge in [0.25, 0.3) is 0 Å². The average molecular weight is 248 g/mol. The summed E-state index contributed by atoms with van der Waals surface area (Å²) in [6.07, 6.45) is 3.25.